The summed E-state index contributed by atoms with van der Waals surface area (Å²) in [5, 5.41) is 0.368. The molecule has 2 aromatic rings. The van der Waals surface area contributed by atoms with Crippen LogP contribution in [0, 0.1) is 5.82 Å². The molecule has 5 heteroatoms. The lowest BCUT2D eigenvalue weighted by molar-refractivity contribution is 0.413. The molecule has 0 spiro atoms. The number of nitrogens with two attached hydrogens (primary N) is 1. The van der Waals surface area contributed by atoms with Gasteiger partial charge in [0.25, 0.3) is 0 Å². The van der Waals surface area contributed by atoms with Crippen molar-refractivity contribution < 1.29 is 9.13 Å². The number of likely N-dealkylation sites (N-methyl/N-ethyl adjacent to an activating group) is 1. The summed E-state index contributed by atoms with van der Waals surface area (Å²) in [6, 6.07) is 11.8. The maximum Gasteiger partial charge on any atom is 0.142 e. The maximum atomic E-state index is 13.2. The molecular weight excluding hydrogens is 291 g/mol. The Hall–Kier alpha value is -1.78. The molecule has 112 valence electrons. The Morgan fingerprint density at radius 2 is 2.00 bits per heavy atom. The fraction of sp³-hybridized carbons (Fsp3) is 0.250. The number of halogens is 2. The highest BCUT2D eigenvalue weighted by atomic mass is 35.5. The zero-order valence-corrected chi connectivity index (χ0v) is 12.8. The molecule has 21 heavy (non-hydrogen) atoms. The van der Waals surface area contributed by atoms with E-state index in [0.717, 1.165) is 17.0 Å². The van der Waals surface area contributed by atoms with Crippen LogP contribution in [0.5, 0.6) is 5.75 Å². The van der Waals surface area contributed by atoms with Crippen molar-refractivity contribution in [2.45, 2.75) is 6.04 Å². The Kier molecular flexibility index (Phi) is 5.04. The van der Waals surface area contributed by atoms with Crippen molar-refractivity contribution in [2.75, 3.05) is 25.6 Å². The molecule has 2 N–H and O–H groups in total. The van der Waals surface area contributed by atoms with Gasteiger partial charge in [0, 0.05) is 18.6 Å². The molecule has 1 atom stereocenters. The van der Waals surface area contributed by atoms with Crippen LogP contribution in [0.4, 0.5) is 10.1 Å². The first-order chi connectivity index (χ1) is 10.1. The molecule has 2 rings (SSSR count). The number of para-hydroxylation sites is 2. The molecule has 1 unspecified atom stereocenters. The monoisotopic (exact) mass is 308 g/mol. The number of methoxy groups -OCH3 is 1. The second kappa shape index (κ2) is 6.78. The topological polar surface area (TPSA) is 38.5 Å². The molecule has 0 bridgehead atoms. The van der Waals surface area contributed by atoms with E-state index < -0.39 is 0 Å². The quantitative estimate of drug-likeness (QED) is 0.917. The molecule has 0 amide bonds. The van der Waals surface area contributed by atoms with Crippen LogP contribution in [0.15, 0.2) is 42.5 Å². The molecule has 0 saturated carbocycles. The number of hydrogen-bond acceptors (Lipinski definition) is 3. The highest BCUT2D eigenvalue weighted by Gasteiger charge is 2.21. The Balaban J connectivity index is 2.40. The van der Waals surface area contributed by atoms with Crippen molar-refractivity contribution in [1.82, 2.24) is 0 Å². The summed E-state index contributed by atoms with van der Waals surface area (Å²) in [4.78, 5) is 1.98. The van der Waals surface area contributed by atoms with E-state index in [4.69, 9.17) is 22.1 Å². The average Bonchev–Trinajstić information content (AvgIpc) is 2.49. The van der Waals surface area contributed by atoms with Crippen LogP contribution in [0.25, 0.3) is 0 Å². The largest absolute Gasteiger partial charge is 0.495 e. The predicted molar refractivity (Wildman–Crippen MR) is 84.6 cm³/mol. The van der Waals surface area contributed by atoms with Gasteiger partial charge in [-0.15, -0.1) is 0 Å². The van der Waals surface area contributed by atoms with E-state index in [0.29, 0.717) is 11.6 Å². The summed E-state index contributed by atoms with van der Waals surface area (Å²) in [6.45, 7) is 0.347. The van der Waals surface area contributed by atoms with E-state index in [1.807, 2.05) is 36.2 Å². The van der Waals surface area contributed by atoms with Gasteiger partial charge in [0.2, 0.25) is 0 Å². The Bertz CT molecular complexity index is 621. The van der Waals surface area contributed by atoms with Crippen molar-refractivity contribution >= 4 is 17.3 Å². The van der Waals surface area contributed by atoms with Crippen LogP contribution in [0.3, 0.4) is 0 Å². The van der Waals surface area contributed by atoms with Gasteiger partial charge in [0.1, 0.15) is 11.6 Å². The number of rotatable bonds is 5. The third-order valence-electron chi connectivity index (χ3n) is 3.48. The average molecular weight is 309 g/mol. The van der Waals surface area contributed by atoms with Crippen LogP contribution >= 0.6 is 11.6 Å². The predicted octanol–water partition coefficient (Wildman–Crippen LogP) is 3.62. The van der Waals surface area contributed by atoms with Crippen molar-refractivity contribution in [3.63, 3.8) is 0 Å². The van der Waals surface area contributed by atoms with Crippen LogP contribution in [-0.4, -0.2) is 20.7 Å². The molecule has 0 aliphatic heterocycles. The standard InChI is InChI=1S/C16H18ClFN2O/c1-20(14-5-3-4-6-16(14)21-2)15(10-19)12-8-7-11(18)9-13(12)17/h3-9,15H,10,19H2,1-2H3. The molecule has 0 aliphatic rings. The molecule has 2 aromatic carbocycles. The van der Waals surface area contributed by atoms with E-state index in [1.165, 1.54) is 12.1 Å². The van der Waals surface area contributed by atoms with Crippen molar-refractivity contribution in [3.8, 4) is 5.75 Å². The van der Waals surface area contributed by atoms with Gasteiger partial charge in [0.05, 0.1) is 18.8 Å². The maximum absolute atomic E-state index is 13.2. The Labute approximate surface area is 129 Å². The first kappa shape index (κ1) is 15.6. The molecule has 0 radical (unpaired) electrons. The van der Waals surface area contributed by atoms with Crippen molar-refractivity contribution in [1.29, 1.82) is 0 Å². The van der Waals surface area contributed by atoms with Crippen LogP contribution in [0.2, 0.25) is 5.02 Å². The second-order valence-electron chi connectivity index (χ2n) is 4.70. The normalized spacial score (nSPS) is 12.0. The van der Waals surface area contributed by atoms with E-state index >= 15 is 0 Å². The third kappa shape index (κ3) is 3.28. The van der Waals surface area contributed by atoms with E-state index in [2.05, 4.69) is 0 Å². The second-order valence-corrected chi connectivity index (χ2v) is 5.11. The fourth-order valence-electron chi connectivity index (χ4n) is 2.35. The van der Waals surface area contributed by atoms with Crippen LogP contribution < -0.4 is 15.4 Å². The minimum Gasteiger partial charge on any atom is -0.495 e. The molecule has 3 nitrogen and oxygen atoms in total. The summed E-state index contributed by atoms with van der Waals surface area (Å²) in [6.07, 6.45) is 0. The Morgan fingerprint density at radius 1 is 1.29 bits per heavy atom. The highest BCUT2D eigenvalue weighted by Crippen LogP contribution is 2.34. The minimum absolute atomic E-state index is 0.172. The van der Waals surface area contributed by atoms with E-state index in [-0.39, 0.29) is 11.9 Å². The number of anilines is 1. The van der Waals surface area contributed by atoms with Gasteiger partial charge in [0.15, 0.2) is 0 Å². The van der Waals surface area contributed by atoms with Gasteiger partial charge in [-0.1, -0.05) is 29.8 Å². The van der Waals surface area contributed by atoms with Gasteiger partial charge in [-0.3, -0.25) is 0 Å². The minimum atomic E-state index is -0.362. The Morgan fingerprint density at radius 3 is 2.62 bits per heavy atom. The third-order valence-corrected chi connectivity index (χ3v) is 3.80. The molecule has 0 saturated heterocycles. The number of nitrogens with zero attached hydrogens (tertiary/aromatic N) is 1. The summed E-state index contributed by atoms with van der Waals surface area (Å²) in [5.74, 6) is 0.385. The number of hydrogen-bond donors (Lipinski definition) is 1. The SMILES string of the molecule is COc1ccccc1N(C)C(CN)c1ccc(F)cc1Cl. The highest BCUT2D eigenvalue weighted by molar-refractivity contribution is 6.31. The number of ether oxygens (including phenoxy) is 1. The van der Waals surface area contributed by atoms with Gasteiger partial charge >= 0.3 is 0 Å². The van der Waals surface area contributed by atoms with Gasteiger partial charge in [-0.25, -0.2) is 4.39 Å². The summed E-state index contributed by atoms with van der Waals surface area (Å²) in [5.41, 5.74) is 7.59. The first-order valence-corrected chi connectivity index (χ1v) is 6.97. The van der Waals surface area contributed by atoms with Gasteiger partial charge in [-0.05, 0) is 29.8 Å². The van der Waals surface area contributed by atoms with Crippen molar-refractivity contribution in [2.24, 2.45) is 5.73 Å². The van der Waals surface area contributed by atoms with Gasteiger partial charge < -0.3 is 15.4 Å². The smallest absolute Gasteiger partial charge is 0.142 e. The zero-order valence-electron chi connectivity index (χ0n) is 12.0. The van der Waals surface area contributed by atoms with E-state index in [1.54, 1.807) is 13.2 Å². The fourth-order valence-corrected chi connectivity index (χ4v) is 2.65. The van der Waals surface area contributed by atoms with Crippen molar-refractivity contribution in [3.05, 3.63) is 58.9 Å². The lowest BCUT2D eigenvalue weighted by atomic mass is 10.0. The molecule has 0 aromatic heterocycles. The van der Waals surface area contributed by atoms with Crippen LogP contribution in [0.1, 0.15) is 11.6 Å². The summed E-state index contributed by atoms with van der Waals surface area (Å²) >= 11 is 6.15. The molecule has 0 aliphatic carbocycles. The molecule has 0 heterocycles. The molecule has 0 fully saturated rings. The number of benzene rings is 2. The van der Waals surface area contributed by atoms with Gasteiger partial charge in [-0.2, -0.15) is 0 Å². The van der Waals surface area contributed by atoms with Crippen LogP contribution in [-0.2, 0) is 0 Å². The van der Waals surface area contributed by atoms with E-state index in [9.17, 15) is 4.39 Å². The summed E-state index contributed by atoms with van der Waals surface area (Å²) in [7, 11) is 3.53. The lowest BCUT2D eigenvalue weighted by Crippen LogP contribution is -2.31. The zero-order chi connectivity index (χ0) is 15.4. The lowest BCUT2D eigenvalue weighted by Gasteiger charge is -2.31. The molecular formula is C16H18ClFN2O. The summed E-state index contributed by atoms with van der Waals surface area (Å²) < 4.78 is 18.6. The first-order valence-electron chi connectivity index (χ1n) is 6.59.